The van der Waals surface area contributed by atoms with E-state index in [1.165, 1.54) is 19.1 Å². The Morgan fingerprint density at radius 3 is 2.18 bits per heavy atom. The SMILES string of the molecule is CCOC(C)(C(O)c1ccccc1)C(F)(F)F. The topological polar surface area (TPSA) is 29.5 Å². The van der Waals surface area contributed by atoms with Crippen molar-refractivity contribution in [3.8, 4) is 0 Å². The molecule has 5 heteroatoms. The molecule has 96 valence electrons. The highest BCUT2D eigenvalue weighted by Gasteiger charge is 2.57. The normalized spacial score (nSPS) is 17.5. The van der Waals surface area contributed by atoms with Crippen molar-refractivity contribution in [1.29, 1.82) is 0 Å². The molecule has 1 N–H and O–H groups in total. The number of halogens is 3. The second-order valence-corrected chi connectivity index (χ2v) is 3.85. The van der Waals surface area contributed by atoms with Crippen LogP contribution in [0.15, 0.2) is 30.3 Å². The molecule has 2 nitrogen and oxygen atoms in total. The number of hydrogen-bond acceptors (Lipinski definition) is 2. The van der Waals surface area contributed by atoms with Crippen LogP contribution in [0.1, 0.15) is 25.5 Å². The van der Waals surface area contributed by atoms with E-state index in [1.54, 1.807) is 18.2 Å². The molecule has 0 radical (unpaired) electrons. The summed E-state index contributed by atoms with van der Waals surface area (Å²) in [5, 5.41) is 9.86. The molecule has 0 spiro atoms. The minimum atomic E-state index is -4.64. The first-order chi connectivity index (χ1) is 7.83. The van der Waals surface area contributed by atoms with Gasteiger partial charge in [0, 0.05) is 6.61 Å². The minimum Gasteiger partial charge on any atom is -0.385 e. The summed E-state index contributed by atoms with van der Waals surface area (Å²) in [6.07, 6.45) is -6.39. The summed E-state index contributed by atoms with van der Waals surface area (Å²) in [5.41, 5.74) is -2.41. The molecule has 2 atom stereocenters. The number of aliphatic hydroxyl groups excluding tert-OH is 1. The van der Waals surface area contributed by atoms with Crippen molar-refractivity contribution in [1.82, 2.24) is 0 Å². The van der Waals surface area contributed by atoms with Gasteiger partial charge < -0.3 is 9.84 Å². The summed E-state index contributed by atoms with van der Waals surface area (Å²) >= 11 is 0. The molecule has 0 aliphatic heterocycles. The molecule has 0 saturated heterocycles. The first-order valence-electron chi connectivity index (χ1n) is 5.26. The van der Waals surface area contributed by atoms with Gasteiger partial charge in [0.1, 0.15) is 6.10 Å². The van der Waals surface area contributed by atoms with Gasteiger partial charge in [-0.15, -0.1) is 0 Å². The summed E-state index contributed by atoms with van der Waals surface area (Å²) in [6, 6.07) is 7.69. The van der Waals surface area contributed by atoms with Gasteiger partial charge in [-0.1, -0.05) is 30.3 Å². The Kier molecular flexibility index (Phi) is 4.16. The van der Waals surface area contributed by atoms with Crippen molar-refractivity contribution < 1.29 is 23.0 Å². The second kappa shape index (κ2) is 5.06. The predicted octanol–water partition coefficient (Wildman–Crippen LogP) is 3.08. The molecule has 0 fully saturated rings. The highest BCUT2D eigenvalue weighted by Crippen LogP contribution is 2.42. The molecule has 0 amide bonds. The molecule has 0 saturated carbocycles. The molecule has 0 heterocycles. The largest absolute Gasteiger partial charge is 0.420 e. The van der Waals surface area contributed by atoms with E-state index in [4.69, 9.17) is 4.74 Å². The summed E-state index contributed by atoms with van der Waals surface area (Å²) < 4.78 is 43.6. The Morgan fingerprint density at radius 1 is 1.24 bits per heavy atom. The zero-order valence-electron chi connectivity index (χ0n) is 9.66. The standard InChI is InChI=1S/C12H15F3O2/c1-3-17-11(2,12(13,14)15)10(16)9-7-5-4-6-8-9/h4-8,10,16H,3H2,1-2H3. The molecular formula is C12H15F3O2. The number of aliphatic hydroxyl groups is 1. The van der Waals surface area contributed by atoms with Gasteiger partial charge in [-0.05, 0) is 19.4 Å². The van der Waals surface area contributed by atoms with Crippen LogP contribution in [0.4, 0.5) is 13.2 Å². The molecule has 0 aromatic heterocycles. The van der Waals surface area contributed by atoms with Crippen LogP contribution in [-0.4, -0.2) is 23.5 Å². The van der Waals surface area contributed by atoms with Crippen LogP contribution in [0.25, 0.3) is 0 Å². The first kappa shape index (κ1) is 14.0. The minimum absolute atomic E-state index is 0.125. The van der Waals surface area contributed by atoms with Crippen LogP contribution in [-0.2, 0) is 4.74 Å². The lowest BCUT2D eigenvalue weighted by molar-refractivity contribution is -0.300. The zero-order chi connectivity index (χ0) is 13.1. The molecule has 1 aromatic carbocycles. The van der Waals surface area contributed by atoms with Crippen LogP contribution in [0.5, 0.6) is 0 Å². The lowest BCUT2D eigenvalue weighted by Crippen LogP contribution is -2.49. The van der Waals surface area contributed by atoms with Crippen LogP contribution in [0.2, 0.25) is 0 Å². The monoisotopic (exact) mass is 248 g/mol. The molecule has 0 aliphatic carbocycles. The van der Waals surface area contributed by atoms with Crippen molar-refractivity contribution in [2.75, 3.05) is 6.61 Å². The first-order valence-corrected chi connectivity index (χ1v) is 5.26. The van der Waals surface area contributed by atoms with Crippen molar-refractivity contribution in [3.05, 3.63) is 35.9 Å². The molecule has 1 aromatic rings. The van der Waals surface area contributed by atoms with Gasteiger partial charge >= 0.3 is 6.18 Å². The van der Waals surface area contributed by atoms with Crippen LogP contribution in [0.3, 0.4) is 0 Å². The van der Waals surface area contributed by atoms with Gasteiger partial charge in [0.2, 0.25) is 0 Å². The average Bonchev–Trinajstić information content (AvgIpc) is 2.28. The van der Waals surface area contributed by atoms with Crippen molar-refractivity contribution in [3.63, 3.8) is 0 Å². The van der Waals surface area contributed by atoms with E-state index in [9.17, 15) is 18.3 Å². The maximum absolute atomic E-state index is 12.9. The fraction of sp³-hybridized carbons (Fsp3) is 0.500. The smallest absolute Gasteiger partial charge is 0.385 e. The third-order valence-electron chi connectivity index (χ3n) is 2.64. The van der Waals surface area contributed by atoms with E-state index in [1.807, 2.05) is 0 Å². The summed E-state index contributed by atoms with van der Waals surface area (Å²) in [6.45, 7) is 2.19. The fourth-order valence-corrected chi connectivity index (χ4v) is 1.57. The van der Waals surface area contributed by atoms with E-state index >= 15 is 0 Å². The number of rotatable bonds is 4. The number of ether oxygens (including phenoxy) is 1. The van der Waals surface area contributed by atoms with Gasteiger partial charge in [-0.25, -0.2) is 0 Å². The Bertz CT molecular complexity index is 351. The molecular weight excluding hydrogens is 233 g/mol. The second-order valence-electron chi connectivity index (χ2n) is 3.85. The van der Waals surface area contributed by atoms with E-state index < -0.39 is 17.9 Å². The van der Waals surface area contributed by atoms with Crippen LogP contribution in [0, 0.1) is 0 Å². The Hall–Kier alpha value is -1.07. The van der Waals surface area contributed by atoms with E-state index in [0.717, 1.165) is 6.92 Å². The Morgan fingerprint density at radius 2 is 1.76 bits per heavy atom. The third-order valence-corrected chi connectivity index (χ3v) is 2.64. The third kappa shape index (κ3) is 2.79. The van der Waals surface area contributed by atoms with Gasteiger partial charge in [-0.2, -0.15) is 13.2 Å². The van der Waals surface area contributed by atoms with Crippen LogP contribution >= 0.6 is 0 Å². The van der Waals surface area contributed by atoms with Crippen molar-refractivity contribution in [2.45, 2.75) is 31.7 Å². The molecule has 0 aliphatic rings. The summed E-state index contributed by atoms with van der Waals surface area (Å²) in [5.74, 6) is 0. The van der Waals surface area contributed by atoms with Crippen LogP contribution < -0.4 is 0 Å². The van der Waals surface area contributed by atoms with E-state index in [0.29, 0.717) is 0 Å². The fourth-order valence-electron chi connectivity index (χ4n) is 1.57. The van der Waals surface area contributed by atoms with E-state index in [-0.39, 0.29) is 12.2 Å². The Balaban J connectivity index is 3.08. The van der Waals surface area contributed by atoms with Crippen molar-refractivity contribution >= 4 is 0 Å². The Labute approximate surface area is 98.0 Å². The number of hydrogen-bond donors (Lipinski definition) is 1. The lowest BCUT2D eigenvalue weighted by Gasteiger charge is -2.36. The van der Waals surface area contributed by atoms with Gasteiger partial charge in [0.05, 0.1) is 0 Å². The highest BCUT2D eigenvalue weighted by molar-refractivity contribution is 5.21. The highest BCUT2D eigenvalue weighted by atomic mass is 19.4. The summed E-state index contributed by atoms with van der Waals surface area (Å²) in [4.78, 5) is 0. The molecule has 17 heavy (non-hydrogen) atoms. The zero-order valence-corrected chi connectivity index (χ0v) is 9.66. The average molecular weight is 248 g/mol. The predicted molar refractivity (Wildman–Crippen MR) is 57.5 cm³/mol. The van der Waals surface area contributed by atoms with Gasteiger partial charge in [0.15, 0.2) is 5.60 Å². The maximum atomic E-state index is 12.9. The van der Waals surface area contributed by atoms with Crippen molar-refractivity contribution in [2.24, 2.45) is 0 Å². The van der Waals surface area contributed by atoms with Gasteiger partial charge in [-0.3, -0.25) is 0 Å². The lowest BCUT2D eigenvalue weighted by atomic mass is 9.92. The summed E-state index contributed by atoms with van der Waals surface area (Å²) in [7, 11) is 0. The maximum Gasteiger partial charge on any atom is 0.420 e. The van der Waals surface area contributed by atoms with Gasteiger partial charge in [0.25, 0.3) is 0 Å². The number of alkyl halides is 3. The molecule has 0 bridgehead atoms. The molecule has 2 unspecified atom stereocenters. The van der Waals surface area contributed by atoms with E-state index in [2.05, 4.69) is 0 Å². The quantitative estimate of drug-likeness (QED) is 0.887. The number of benzene rings is 1. The molecule has 1 rings (SSSR count).